The molecule has 1 unspecified atom stereocenters. The van der Waals surface area contributed by atoms with Crippen LogP contribution in [0, 0.1) is 0 Å². The number of fused-ring (bicyclic) bond motifs is 1. The number of halogens is 1. The van der Waals surface area contributed by atoms with E-state index in [2.05, 4.69) is 11.4 Å². The van der Waals surface area contributed by atoms with Crippen LogP contribution in [0.3, 0.4) is 0 Å². The summed E-state index contributed by atoms with van der Waals surface area (Å²) in [6.45, 7) is 1.28. The summed E-state index contributed by atoms with van der Waals surface area (Å²) in [6.07, 6.45) is 0.915. The van der Waals surface area contributed by atoms with Crippen molar-refractivity contribution in [3.63, 3.8) is 0 Å². The van der Waals surface area contributed by atoms with E-state index in [0.717, 1.165) is 17.7 Å². The highest BCUT2D eigenvalue weighted by Crippen LogP contribution is 2.32. The van der Waals surface area contributed by atoms with Gasteiger partial charge in [0.25, 0.3) is 0 Å². The van der Waals surface area contributed by atoms with Crippen LogP contribution < -0.4 is 10.1 Å². The lowest BCUT2D eigenvalue weighted by molar-refractivity contribution is 0.252. The SMILES string of the molecule is Oc1ccc(Cl)cc1CNC1CCOc2ccccc21. The number of rotatable bonds is 3. The fraction of sp³-hybridized carbons (Fsp3) is 0.250. The van der Waals surface area contributed by atoms with Crippen molar-refractivity contribution in [2.45, 2.75) is 19.0 Å². The number of aromatic hydroxyl groups is 1. The van der Waals surface area contributed by atoms with Gasteiger partial charge in [0.2, 0.25) is 0 Å². The zero-order valence-corrected chi connectivity index (χ0v) is 11.7. The summed E-state index contributed by atoms with van der Waals surface area (Å²) in [4.78, 5) is 0. The Morgan fingerprint density at radius 3 is 3.00 bits per heavy atom. The predicted octanol–water partition coefficient (Wildman–Crippen LogP) is 3.66. The topological polar surface area (TPSA) is 41.5 Å². The highest BCUT2D eigenvalue weighted by Gasteiger charge is 2.20. The second-order valence-electron chi connectivity index (χ2n) is 4.88. The normalized spacial score (nSPS) is 17.4. The van der Waals surface area contributed by atoms with Crippen LogP contribution >= 0.6 is 11.6 Å². The Labute approximate surface area is 123 Å². The summed E-state index contributed by atoms with van der Waals surface area (Å²) in [7, 11) is 0. The Kier molecular flexibility index (Phi) is 3.81. The summed E-state index contributed by atoms with van der Waals surface area (Å²) in [5.41, 5.74) is 1.97. The number of phenols is 1. The van der Waals surface area contributed by atoms with Gasteiger partial charge in [-0.1, -0.05) is 29.8 Å². The Hall–Kier alpha value is -1.71. The van der Waals surface area contributed by atoms with E-state index in [1.807, 2.05) is 18.2 Å². The molecule has 1 atom stereocenters. The molecule has 0 amide bonds. The molecule has 0 saturated heterocycles. The lowest BCUT2D eigenvalue weighted by atomic mass is 10.0. The molecule has 3 nitrogen and oxygen atoms in total. The number of nitrogens with one attached hydrogen (secondary N) is 1. The maximum atomic E-state index is 9.84. The average Bonchev–Trinajstić information content (AvgIpc) is 2.48. The van der Waals surface area contributed by atoms with Crippen LogP contribution in [0.2, 0.25) is 5.02 Å². The molecule has 2 N–H and O–H groups in total. The molecule has 1 heterocycles. The first-order valence-electron chi connectivity index (χ1n) is 6.66. The zero-order valence-electron chi connectivity index (χ0n) is 11.0. The number of benzene rings is 2. The van der Waals surface area contributed by atoms with E-state index in [1.165, 1.54) is 5.56 Å². The van der Waals surface area contributed by atoms with Crippen molar-refractivity contribution in [3.05, 3.63) is 58.6 Å². The van der Waals surface area contributed by atoms with E-state index in [0.29, 0.717) is 18.2 Å². The average molecular weight is 290 g/mol. The Morgan fingerprint density at radius 2 is 2.10 bits per heavy atom. The van der Waals surface area contributed by atoms with Crippen LogP contribution in [0.4, 0.5) is 0 Å². The van der Waals surface area contributed by atoms with Crippen molar-refractivity contribution in [2.24, 2.45) is 0 Å². The quantitative estimate of drug-likeness (QED) is 0.906. The lowest BCUT2D eigenvalue weighted by Gasteiger charge is -2.26. The molecule has 20 heavy (non-hydrogen) atoms. The molecule has 0 radical (unpaired) electrons. The predicted molar refractivity (Wildman–Crippen MR) is 79.3 cm³/mol. The molecule has 3 rings (SSSR count). The first kappa shape index (κ1) is 13.3. The maximum Gasteiger partial charge on any atom is 0.124 e. The zero-order chi connectivity index (χ0) is 13.9. The van der Waals surface area contributed by atoms with Gasteiger partial charge in [-0.3, -0.25) is 0 Å². The number of hydrogen-bond donors (Lipinski definition) is 2. The van der Waals surface area contributed by atoms with Gasteiger partial charge in [-0.2, -0.15) is 0 Å². The minimum atomic E-state index is 0.235. The summed E-state index contributed by atoms with van der Waals surface area (Å²) < 4.78 is 5.64. The van der Waals surface area contributed by atoms with Crippen molar-refractivity contribution in [1.29, 1.82) is 0 Å². The standard InChI is InChI=1S/C16H16ClNO2/c17-12-5-6-15(19)11(9-12)10-18-14-7-8-20-16-4-2-1-3-13(14)16/h1-6,9,14,18-19H,7-8,10H2. The molecular formula is C16H16ClNO2. The molecule has 0 aromatic heterocycles. The highest BCUT2D eigenvalue weighted by molar-refractivity contribution is 6.30. The molecule has 4 heteroatoms. The molecule has 0 spiro atoms. The van der Waals surface area contributed by atoms with Gasteiger partial charge in [0.1, 0.15) is 11.5 Å². The van der Waals surface area contributed by atoms with Crippen molar-refractivity contribution in [1.82, 2.24) is 5.32 Å². The summed E-state index contributed by atoms with van der Waals surface area (Å²) in [5.74, 6) is 1.20. The van der Waals surface area contributed by atoms with Gasteiger partial charge in [0.05, 0.1) is 6.61 Å². The van der Waals surface area contributed by atoms with E-state index < -0.39 is 0 Å². The lowest BCUT2D eigenvalue weighted by Crippen LogP contribution is -2.26. The first-order valence-corrected chi connectivity index (χ1v) is 7.04. The third kappa shape index (κ3) is 2.74. The molecule has 0 aliphatic carbocycles. The van der Waals surface area contributed by atoms with Gasteiger partial charge in [-0.25, -0.2) is 0 Å². The smallest absolute Gasteiger partial charge is 0.124 e. The fourth-order valence-corrected chi connectivity index (χ4v) is 2.68. The van der Waals surface area contributed by atoms with Crippen LogP contribution in [0.1, 0.15) is 23.6 Å². The van der Waals surface area contributed by atoms with Crippen LogP contribution in [-0.4, -0.2) is 11.7 Å². The van der Waals surface area contributed by atoms with Gasteiger partial charge in [-0.15, -0.1) is 0 Å². The molecule has 0 saturated carbocycles. The van der Waals surface area contributed by atoms with Crippen molar-refractivity contribution >= 4 is 11.6 Å². The highest BCUT2D eigenvalue weighted by atomic mass is 35.5. The first-order chi connectivity index (χ1) is 9.74. The second kappa shape index (κ2) is 5.73. The summed E-state index contributed by atoms with van der Waals surface area (Å²) in [5, 5.41) is 13.9. The molecule has 0 fully saturated rings. The number of ether oxygens (including phenoxy) is 1. The van der Waals surface area contributed by atoms with Gasteiger partial charge < -0.3 is 15.2 Å². The third-order valence-corrected chi connectivity index (χ3v) is 3.77. The van der Waals surface area contributed by atoms with E-state index in [4.69, 9.17) is 16.3 Å². The fourth-order valence-electron chi connectivity index (χ4n) is 2.48. The minimum Gasteiger partial charge on any atom is -0.508 e. The second-order valence-corrected chi connectivity index (χ2v) is 5.32. The molecule has 1 aliphatic rings. The van der Waals surface area contributed by atoms with E-state index in [9.17, 15) is 5.11 Å². The molecule has 2 aromatic rings. The Bertz CT molecular complexity index is 615. The third-order valence-electron chi connectivity index (χ3n) is 3.54. The monoisotopic (exact) mass is 289 g/mol. The van der Waals surface area contributed by atoms with E-state index >= 15 is 0 Å². The Balaban J connectivity index is 1.75. The molecule has 1 aliphatic heterocycles. The molecule has 2 aromatic carbocycles. The van der Waals surface area contributed by atoms with Crippen molar-refractivity contribution < 1.29 is 9.84 Å². The van der Waals surface area contributed by atoms with Crippen LogP contribution in [0.25, 0.3) is 0 Å². The number of phenolic OH excluding ortho intramolecular Hbond substituents is 1. The van der Waals surface area contributed by atoms with Crippen LogP contribution in [0.5, 0.6) is 11.5 Å². The van der Waals surface area contributed by atoms with Gasteiger partial charge in [0.15, 0.2) is 0 Å². The van der Waals surface area contributed by atoms with Gasteiger partial charge in [0, 0.05) is 35.2 Å². The largest absolute Gasteiger partial charge is 0.508 e. The van der Waals surface area contributed by atoms with E-state index in [1.54, 1.807) is 18.2 Å². The summed E-state index contributed by atoms with van der Waals surface area (Å²) in [6, 6.07) is 13.4. The van der Waals surface area contributed by atoms with Crippen molar-refractivity contribution in [2.75, 3.05) is 6.61 Å². The Morgan fingerprint density at radius 1 is 1.25 bits per heavy atom. The summed E-state index contributed by atoms with van der Waals surface area (Å²) >= 11 is 5.96. The van der Waals surface area contributed by atoms with Crippen molar-refractivity contribution in [3.8, 4) is 11.5 Å². The van der Waals surface area contributed by atoms with Crippen LogP contribution in [-0.2, 0) is 6.54 Å². The molecule has 0 bridgehead atoms. The van der Waals surface area contributed by atoms with E-state index in [-0.39, 0.29) is 11.8 Å². The van der Waals surface area contributed by atoms with Gasteiger partial charge >= 0.3 is 0 Å². The number of para-hydroxylation sites is 1. The minimum absolute atomic E-state index is 0.235. The molecular weight excluding hydrogens is 274 g/mol. The van der Waals surface area contributed by atoms with Crippen LogP contribution in [0.15, 0.2) is 42.5 Å². The maximum absolute atomic E-state index is 9.84. The van der Waals surface area contributed by atoms with Gasteiger partial charge in [-0.05, 0) is 24.3 Å². The molecule has 104 valence electrons. The number of hydrogen-bond acceptors (Lipinski definition) is 3.